The molecule has 1 aliphatic carbocycles. The number of fused-ring (bicyclic) bond motifs is 1. The number of aromatic nitrogens is 1. The van der Waals surface area contributed by atoms with Crippen LogP contribution in [-0.2, 0) is 4.79 Å². The minimum atomic E-state index is -1.03. The predicted molar refractivity (Wildman–Crippen MR) is 123 cm³/mol. The standard InChI is InChI=1S/C24H32ClN3O3/c1-23(2,3)24(10-5-11-28(24)22(30)31)21(29)27-17-7-4-6-15(12-17)19-14-26-20-9-8-16(25)13-18(19)20/h8-9,13-15,17,26H,4-7,10-12H2,1-3H3,(H,27,29)(H,30,31)/t15-,17?,24?/m1/s1. The molecule has 2 aliphatic rings. The fourth-order valence-corrected chi connectivity index (χ4v) is 5.97. The summed E-state index contributed by atoms with van der Waals surface area (Å²) in [7, 11) is 0. The molecule has 2 unspecified atom stereocenters. The van der Waals surface area contributed by atoms with Crippen LogP contribution < -0.4 is 5.32 Å². The molecule has 0 bridgehead atoms. The first-order valence-electron chi connectivity index (χ1n) is 11.2. The number of hydrogen-bond donors (Lipinski definition) is 3. The smallest absolute Gasteiger partial charge is 0.408 e. The summed E-state index contributed by atoms with van der Waals surface area (Å²) in [6.07, 6.45) is 6.17. The van der Waals surface area contributed by atoms with Crippen LogP contribution in [0.3, 0.4) is 0 Å². The van der Waals surface area contributed by atoms with Crippen molar-refractivity contribution >= 4 is 34.5 Å². The normalized spacial score (nSPS) is 26.9. The van der Waals surface area contributed by atoms with Crippen molar-refractivity contribution < 1.29 is 14.7 Å². The van der Waals surface area contributed by atoms with Gasteiger partial charge in [0.2, 0.25) is 5.91 Å². The monoisotopic (exact) mass is 445 g/mol. The molecular formula is C24H32ClN3O3. The summed E-state index contributed by atoms with van der Waals surface area (Å²) in [6.45, 7) is 6.30. The van der Waals surface area contributed by atoms with Crippen LogP contribution in [0.15, 0.2) is 24.4 Å². The molecule has 2 heterocycles. The lowest BCUT2D eigenvalue weighted by molar-refractivity contribution is -0.138. The first-order chi connectivity index (χ1) is 14.6. The van der Waals surface area contributed by atoms with Crippen molar-refractivity contribution in [3.8, 4) is 0 Å². The highest BCUT2D eigenvalue weighted by molar-refractivity contribution is 6.31. The van der Waals surface area contributed by atoms with E-state index in [2.05, 4.69) is 16.5 Å². The van der Waals surface area contributed by atoms with E-state index in [1.807, 2.05) is 39.0 Å². The zero-order valence-corrected chi connectivity index (χ0v) is 19.3. The number of nitrogens with one attached hydrogen (secondary N) is 2. The molecule has 0 radical (unpaired) electrons. The number of carboxylic acid groups (broad SMARTS) is 1. The van der Waals surface area contributed by atoms with Crippen molar-refractivity contribution in [3.05, 3.63) is 35.0 Å². The highest BCUT2D eigenvalue weighted by Crippen LogP contribution is 2.45. The summed E-state index contributed by atoms with van der Waals surface area (Å²) in [6, 6.07) is 5.92. The quantitative estimate of drug-likeness (QED) is 0.581. The molecule has 3 atom stereocenters. The second kappa shape index (κ2) is 8.05. The molecule has 7 heteroatoms. The predicted octanol–water partition coefficient (Wildman–Crippen LogP) is 5.52. The molecular weight excluding hydrogens is 414 g/mol. The number of hydrogen-bond acceptors (Lipinski definition) is 2. The maximum absolute atomic E-state index is 13.6. The van der Waals surface area contributed by atoms with Gasteiger partial charge >= 0.3 is 6.09 Å². The third kappa shape index (κ3) is 3.79. The minimum Gasteiger partial charge on any atom is -0.465 e. The molecule has 1 aromatic carbocycles. The molecule has 2 amide bonds. The number of amides is 2. The summed E-state index contributed by atoms with van der Waals surface area (Å²) in [5.41, 5.74) is 0.795. The second-order valence-electron chi connectivity index (χ2n) is 10.1. The van der Waals surface area contributed by atoms with Crippen LogP contribution in [0.1, 0.15) is 70.8 Å². The Bertz CT molecular complexity index is 996. The SMILES string of the molecule is CC(C)(C)C1(C(=O)NC2CCC[C@@H](c3c[nH]c4ccc(Cl)cc34)C2)CCCN1C(=O)O. The van der Waals surface area contributed by atoms with E-state index in [0.717, 1.165) is 41.6 Å². The van der Waals surface area contributed by atoms with Gasteiger partial charge in [-0.05, 0) is 67.2 Å². The van der Waals surface area contributed by atoms with Crippen molar-refractivity contribution in [2.24, 2.45) is 5.41 Å². The van der Waals surface area contributed by atoms with Gasteiger partial charge in [-0.15, -0.1) is 0 Å². The van der Waals surface area contributed by atoms with Crippen molar-refractivity contribution in [2.45, 2.75) is 76.8 Å². The van der Waals surface area contributed by atoms with Gasteiger partial charge in [-0.2, -0.15) is 0 Å². The molecule has 168 valence electrons. The van der Waals surface area contributed by atoms with Crippen molar-refractivity contribution in [1.29, 1.82) is 0 Å². The van der Waals surface area contributed by atoms with Crippen LogP contribution in [0.4, 0.5) is 4.79 Å². The number of nitrogens with zero attached hydrogens (tertiary/aromatic N) is 1. The Kier molecular flexibility index (Phi) is 5.71. The van der Waals surface area contributed by atoms with Crippen LogP contribution in [0.2, 0.25) is 5.02 Å². The summed E-state index contributed by atoms with van der Waals surface area (Å²) >= 11 is 6.23. The molecule has 1 aliphatic heterocycles. The van der Waals surface area contributed by atoms with E-state index in [-0.39, 0.29) is 11.9 Å². The zero-order valence-electron chi connectivity index (χ0n) is 18.5. The van der Waals surface area contributed by atoms with E-state index < -0.39 is 17.0 Å². The van der Waals surface area contributed by atoms with Gasteiger partial charge < -0.3 is 15.4 Å². The van der Waals surface area contributed by atoms with Gasteiger partial charge in [-0.3, -0.25) is 9.69 Å². The van der Waals surface area contributed by atoms with E-state index in [0.29, 0.717) is 25.3 Å². The Morgan fingerprint density at radius 2 is 2.03 bits per heavy atom. The molecule has 1 saturated heterocycles. The molecule has 0 spiro atoms. The average molecular weight is 446 g/mol. The largest absolute Gasteiger partial charge is 0.465 e. The second-order valence-corrected chi connectivity index (χ2v) is 10.6. The summed E-state index contributed by atoms with van der Waals surface area (Å²) in [4.78, 5) is 30.3. The Labute approximate surface area is 188 Å². The number of benzene rings is 1. The molecule has 1 saturated carbocycles. The van der Waals surface area contributed by atoms with Gasteiger partial charge in [-0.1, -0.05) is 38.8 Å². The lowest BCUT2D eigenvalue weighted by Gasteiger charge is -2.46. The lowest BCUT2D eigenvalue weighted by atomic mass is 9.70. The number of rotatable bonds is 3. The highest BCUT2D eigenvalue weighted by Gasteiger charge is 2.57. The number of carbonyl (C=O) groups excluding carboxylic acids is 1. The maximum atomic E-state index is 13.6. The minimum absolute atomic E-state index is 0.0332. The number of halogens is 1. The summed E-state index contributed by atoms with van der Waals surface area (Å²) in [5.74, 6) is 0.184. The molecule has 1 aromatic heterocycles. The number of H-pyrrole nitrogens is 1. The molecule has 2 aromatic rings. The Balaban J connectivity index is 1.55. The molecule has 6 nitrogen and oxygen atoms in total. The maximum Gasteiger partial charge on any atom is 0.408 e. The van der Waals surface area contributed by atoms with Crippen LogP contribution in [0.5, 0.6) is 0 Å². The van der Waals surface area contributed by atoms with Crippen molar-refractivity contribution in [2.75, 3.05) is 6.54 Å². The molecule has 31 heavy (non-hydrogen) atoms. The fourth-order valence-electron chi connectivity index (χ4n) is 5.79. The Morgan fingerprint density at radius 3 is 2.74 bits per heavy atom. The highest BCUT2D eigenvalue weighted by atomic mass is 35.5. The first-order valence-corrected chi connectivity index (χ1v) is 11.6. The van der Waals surface area contributed by atoms with Gasteiger partial charge in [0.1, 0.15) is 5.54 Å². The molecule has 2 fully saturated rings. The molecule has 4 rings (SSSR count). The van der Waals surface area contributed by atoms with Gasteiger partial charge in [-0.25, -0.2) is 4.79 Å². The van der Waals surface area contributed by atoms with Gasteiger partial charge in [0, 0.05) is 34.7 Å². The fraction of sp³-hybridized carbons (Fsp3) is 0.583. The number of likely N-dealkylation sites (tertiary alicyclic amines) is 1. The topological polar surface area (TPSA) is 85.4 Å². The average Bonchev–Trinajstić information content (AvgIpc) is 3.33. The van der Waals surface area contributed by atoms with Crippen LogP contribution >= 0.6 is 11.6 Å². The Morgan fingerprint density at radius 1 is 1.26 bits per heavy atom. The van der Waals surface area contributed by atoms with E-state index in [9.17, 15) is 14.7 Å². The van der Waals surface area contributed by atoms with E-state index in [1.54, 1.807) is 0 Å². The Hall–Kier alpha value is -2.21. The summed E-state index contributed by atoms with van der Waals surface area (Å²) < 4.78 is 0. The van der Waals surface area contributed by atoms with Crippen LogP contribution in [-0.4, -0.2) is 45.1 Å². The third-order valence-corrected chi connectivity index (χ3v) is 7.59. The number of aromatic amines is 1. The van der Waals surface area contributed by atoms with Gasteiger partial charge in [0.05, 0.1) is 0 Å². The lowest BCUT2D eigenvalue weighted by Crippen LogP contribution is -2.65. The number of carbonyl (C=O) groups is 2. The summed E-state index contributed by atoms with van der Waals surface area (Å²) in [5, 5.41) is 14.9. The van der Waals surface area contributed by atoms with Crippen molar-refractivity contribution in [3.63, 3.8) is 0 Å². The van der Waals surface area contributed by atoms with Gasteiger partial charge in [0.25, 0.3) is 0 Å². The van der Waals surface area contributed by atoms with E-state index >= 15 is 0 Å². The molecule has 3 N–H and O–H groups in total. The van der Waals surface area contributed by atoms with Crippen LogP contribution in [0.25, 0.3) is 10.9 Å². The third-order valence-electron chi connectivity index (χ3n) is 7.35. The van der Waals surface area contributed by atoms with Gasteiger partial charge in [0.15, 0.2) is 0 Å². The van der Waals surface area contributed by atoms with Crippen LogP contribution in [0, 0.1) is 5.41 Å². The van der Waals surface area contributed by atoms with Crippen molar-refractivity contribution in [1.82, 2.24) is 15.2 Å². The first kappa shape index (κ1) is 22.0. The van der Waals surface area contributed by atoms with E-state index in [1.165, 1.54) is 10.5 Å². The zero-order chi connectivity index (χ0) is 22.4. The van der Waals surface area contributed by atoms with E-state index in [4.69, 9.17) is 11.6 Å².